The smallest absolute Gasteiger partial charge is 0.462 e. The van der Waals surface area contributed by atoms with Gasteiger partial charge in [0.15, 0.2) is 12.2 Å². The number of esters is 4. The van der Waals surface area contributed by atoms with Crippen LogP contribution in [0.3, 0.4) is 0 Å². The molecule has 6 atom stereocenters. The average Bonchev–Trinajstić information content (AvgIpc) is 0.960. The molecule has 0 aliphatic heterocycles. The molecule has 0 bridgehead atoms. The Morgan fingerprint density at radius 3 is 0.768 bits per heavy atom. The number of rotatable bonds is 79. The van der Waals surface area contributed by atoms with Crippen molar-refractivity contribution in [2.75, 3.05) is 39.6 Å². The van der Waals surface area contributed by atoms with Gasteiger partial charge < -0.3 is 33.8 Å². The minimum atomic E-state index is -4.96. The molecule has 0 spiro atoms. The van der Waals surface area contributed by atoms with Crippen LogP contribution in [0.1, 0.15) is 420 Å². The second-order valence-corrected chi connectivity index (χ2v) is 32.4. The molecule has 17 nitrogen and oxygen atoms in total. The standard InChI is InChI=1S/C80H156O17P2/c1-7-10-12-14-16-18-20-22-24-26-30-34-38-44-50-56-62-77(82)90-68-75(96-79(84)65-59-53-46-40-36-32-28-27-29-33-37-43-49-55-61-73(6)9-3)70-94-98(86,87)92-66-74(81)67-93-99(88,89)95-71-76(69-91-78(83)63-57-51-47-41-42-48-54-60-72(4)5)97-80(85)64-58-52-45-39-35-31-25-23-21-19-17-15-13-11-8-2/h72-76,81H,7-71H2,1-6H3,(H,86,87)(H,88,89)/t73?,74-,75-,76-/m1/s1. The molecule has 3 unspecified atom stereocenters. The Bertz CT molecular complexity index is 1910. The molecule has 0 amide bonds. The molecule has 99 heavy (non-hydrogen) atoms. The predicted molar refractivity (Wildman–Crippen MR) is 405 cm³/mol. The molecule has 0 aromatic heterocycles. The van der Waals surface area contributed by atoms with Crippen molar-refractivity contribution >= 4 is 39.5 Å². The van der Waals surface area contributed by atoms with E-state index in [0.717, 1.165) is 102 Å². The summed E-state index contributed by atoms with van der Waals surface area (Å²) in [7, 11) is -9.92. The summed E-state index contributed by atoms with van der Waals surface area (Å²) in [5.74, 6) is -0.558. The fourth-order valence-electron chi connectivity index (χ4n) is 12.3. The fourth-order valence-corrected chi connectivity index (χ4v) is 13.9. The lowest BCUT2D eigenvalue weighted by atomic mass is 9.99. The Kier molecular flexibility index (Phi) is 70.3. The maximum atomic E-state index is 13.1. The number of ether oxygens (including phenoxy) is 4. The van der Waals surface area contributed by atoms with Gasteiger partial charge in [-0.1, -0.05) is 369 Å². The van der Waals surface area contributed by atoms with Crippen molar-refractivity contribution in [3.8, 4) is 0 Å². The van der Waals surface area contributed by atoms with Gasteiger partial charge in [-0.25, -0.2) is 9.13 Å². The van der Waals surface area contributed by atoms with Crippen molar-refractivity contribution in [2.45, 2.75) is 439 Å². The second kappa shape index (κ2) is 71.7. The third-order valence-electron chi connectivity index (χ3n) is 19.1. The second-order valence-electron chi connectivity index (χ2n) is 29.5. The Morgan fingerprint density at radius 1 is 0.293 bits per heavy atom. The van der Waals surface area contributed by atoms with Gasteiger partial charge in [0.05, 0.1) is 26.4 Å². The SMILES string of the molecule is CCCCCCCCCCCCCCCCCCC(=O)OC[C@H](COP(=O)(O)OC[C@@H](O)COP(=O)(O)OC[C@@H](COC(=O)CCCCCCCCCC(C)C)OC(=O)CCCCCCCCCCCCCCCCC)OC(=O)CCCCCCCCCCCCCCCCC(C)CC. The van der Waals surface area contributed by atoms with Crippen LogP contribution in [-0.4, -0.2) is 96.7 Å². The number of phosphoric ester groups is 2. The van der Waals surface area contributed by atoms with Crippen LogP contribution in [0.5, 0.6) is 0 Å². The van der Waals surface area contributed by atoms with Crippen LogP contribution in [-0.2, 0) is 65.4 Å². The third kappa shape index (κ3) is 72.8. The van der Waals surface area contributed by atoms with Crippen LogP contribution in [0.2, 0.25) is 0 Å². The number of carbonyl (C=O) groups excluding carboxylic acids is 4. The zero-order valence-corrected chi connectivity index (χ0v) is 66.6. The number of hydrogen-bond acceptors (Lipinski definition) is 15. The normalized spacial score (nSPS) is 14.2. The van der Waals surface area contributed by atoms with E-state index in [1.807, 2.05) is 0 Å². The molecule has 0 aliphatic carbocycles. The largest absolute Gasteiger partial charge is 0.472 e. The summed E-state index contributed by atoms with van der Waals surface area (Å²) in [6, 6.07) is 0. The van der Waals surface area contributed by atoms with Gasteiger partial charge in [-0.3, -0.25) is 37.3 Å². The van der Waals surface area contributed by atoms with E-state index in [-0.39, 0.29) is 25.7 Å². The van der Waals surface area contributed by atoms with Crippen molar-refractivity contribution in [3.63, 3.8) is 0 Å². The van der Waals surface area contributed by atoms with Crippen molar-refractivity contribution in [2.24, 2.45) is 11.8 Å². The van der Waals surface area contributed by atoms with E-state index in [2.05, 4.69) is 41.5 Å². The van der Waals surface area contributed by atoms with E-state index in [1.165, 1.54) is 231 Å². The minimum Gasteiger partial charge on any atom is -0.462 e. The Morgan fingerprint density at radius 2 is 0.515 bits per heavy atom. The Balaban J connectivity index is 5.25. The molecule has 0 saturated carbocycles. The highest BCUT2D eigenvalue weighted by Crippen LogP contribution is 2.45. The molecule has 0 fully saturated rings. The highest BCUT2D eigenvalue weighted by molar-refractivity contribution is 7.47. The van der Waals surface area contributed by atoms with Gasteiger partial charge >= 0.3 is 39.5 Å². The van der Waals surface area contributed by atoms with Crippen LogP contribution in [0.25, 0.3) is 0 Å². The molecular weight excluding hydrogens is 1290 g/mol. The highest BCUT2D eigenvalue weighted by atomic mass is 31.2. The molecule has 0 aliphatic rings. The van der Waals surface area contributed by atoms with Gasteiger partial charge in [0.2, 0.25) is 0 Å². The van der Waals surface area contributed by atoms with Gasteiger partial charge in [0.25, 0.3) is 0 Å². The van der Waals surface area contributed by atoms with E-state index >= 15 is 0 Å². The van der Waals surface area contributed by atoms with Crippen molar-refractivity contribution in [1.82, 2.24) is 0 Å². The minimum absolute atomic E-state index is 0.107. The van der Waals surface area contributed by atoms with Crippen LogP contribution in [0, 0.1) is 11.8 Å². The summed E-state index contributed by atoms with van der Waals surface area (Å²) in [6.07, 6.45) is 61.0. The first kappa shape index (κ1) is 97.1. The lowest BCUT2D eigenvalue weighted by Crippen LogP contribution is -2.30. The zero-order valence-electron chi connectivity index (χ0n) is 64.8. The van der Waals surface area contributed by atoms with Crippen LogP contribution in [0.15, 0.2) is 0 Å². The summed E-state index contributed by atoms with van der Waals surface area (Å²) in [4.78, 5) is 73.0. The maximum absolute atomic E-state index is 13.1. The van der Waals surface area contributed by atoms with Crippen LogP contribution < -0.4 is 0 Å². The molecule has 588 valence electrons. The van der Waals surface area contributed by atoms with E-state index in [4.69, 9.17) is 37.0 Å². The fraction of sp³-hybridized carbons (Fsp3) is 0.950. The highest BCUT2D eigenvalue weighted by Gasteiger charge is 2.30. The average molecular weight is 1450 g/mol. The number of aliphatic hydroxyl groups is 1. The molecule has 0 heterocycles. The molecule has 0 aromatic carbocycles. The molecule has 0 saturated heterocycles. The monoisotopic (exact) mass is 1450 g/mol. The number of phosphoric acid groups is 2. The first-order valence-corrected chi connectivity index (χ1v) is 44.5. The Hall–Kier alpha value is -1.94. The first-order chi connectivity index (χ1) is 47.9. The summed E-state index contributed by atoms with van der Waals surface area (Å²) in [5.41, 5.74) is 0. The van der Waals surface area contributed by atoms with Gasteiger partial charge in [-0.2, -0.15) is 0 Å². The van der Waals surface area contributed by atoms with E-state index in [1.54, 1.807) is 0 Å². The Labute approximate surface area is 607 Å². The summed E-state index contributed by atoms with van der Waals surface area (Å²) in [6.45, 7) is 9.63. The zero-order chi connectivity index (χ0) is 72.8. The van der Waals surface area contributed by atoms with Gasteiger partial charge in [0, 0.05) is 25.7 Å². The molecule has 3 N–H and O–H groups in total. The first-order valence-electron chi connectivity index (χ1n) is 41.5. The summed E-state index contributed by atoms with van der Waals surface area (Å²) >= 11 is 0. The van der Waals surface area contributed by atoms with E-state index in [9.17, 15) is 43.2 Å². The van der Waals surface area contributed by atoms with Crippen LogP contribution in [0.4, 0.5) is 0 Å². The van der Waals surface area contributed by atoms with Gasteiger partial charge in [-0.15, -0.1) is 0 Å². The molecule has 19 heteroatoms. The number of hydrogen-bond donors (Lipinski definition) is 3. The quantitative estimate of drug-likeness (QED) is 0.0222. The molecule has 0 radical (unpaired) electrons. The topological polar surface area (TPSA) is 237 Å². The molecular formula is C80H156O17P2. The third-order valence-corrected chi connectivity index (χ3v) is 21.0. The maximum Gasteiger partial charge on any atom is 0.472 e. The lowest BCUT2D eigenvalue weighted by Gasteiger charge is -2.21. The molecule has 0 aromatic rings. The number of aliphatic hydroxyl groups excluding tert-OH is 1. The predicted octanol–water partition coefficient (Wildman–Crippen LogP) is 23.9. The lowest BCUT2D eigenvalue weighted by molar-refractivity contribution is -0.161. The van der Waals surface area contributed by atoms with Crippen LogP contribution >= 0.6 is 15.6 Å². The molecule has 0 rings (SSSR count). The van der Waals surface area contributed by atoms with Crippen molar-refractivity contribution in [3.05, 3.63) is 0 Å². The summed E-state index contributed by atoms with van der Waals surface area (Å²) in [5, 5.41) is 10.6. The van der Waals surface area contributed by atoms with Gasteiger partial charge in [0.1, 0.15) is 19.3 Å². The van der Waals surface area contributed by atoms with Gasteiger partial charge in [-0.05, 0) is 37.5 Å². The van der Waals surface area contributed by atoms with Crippen molar-refractivity contribution in [1.29, 1.82) is 0 Å². The van der Waals surface area contributed by atoms with E-state index in [0.29, 0.717) is 31.6 Å². The van der Waals surface area contributed by atoms with Crippen molar-refractivity contribution < 1.29 is 80.2 Å². The van der Waals surface area contributed by atoms with E-state index < -0.39 is 97.5 Å². The summed E-state index contributed by atoms with van der Waals surface area (Å²) < 4.78 is 68.7. The number of carbonyl (C=O) groups is 4. The number of unbranched alkanes of at least 4 members (excludes halogenated alkanes) is 48.